The third-order valence-electron chi connectivity index (χ3n) is 3.48. The molecule has 0 bridgehead atoms. The number of amides is 1. The standard InChI is InChI=1S/C18H24BrNO3/c1-4-6-7-16(20-17(21)5-2)15(18(22)23-3)12-13-8-10-14(19)11-9-13/h8-11H,4-7,12H2,1-3H3,(H,20,21)/b16-15-. The Morgan fingerprint density at radius 1 is 1.17 bits per heavy atom. The van der Waals surface area contributed by atoms with Crippen molar-refractivity contribution in [2.75, 3.05) is 7.11 Å². The summed E-state index contributed by atoms with van der Waals surface area (Å²) < 4.78 is 5.91. The molecule has 0 spiro atoms. The highest BCUT2D eigenvalue weighted by molar-refractivity contribution is 9.10. The topological polar surface area (TPSA) is 55.4 Å². The third kappa shape index (κ3) is 6.57. The highest BCUT2D eigenvalue weighted by atomic mass is 79.9. The van der Waals surface area contributed by atoms with Crippen LogP contribution in [0.15, 0.2) is 40.0 Å². The van der Waals surface area contributed by atoms with Crippen molar-refractivity contribution < 1.29 is 14.3 Å². The number of esters is 1. The molecule has 0 saturated carbocycles. The van der Waals surface area contributed by atoms with Crippen molar-refractivity contribution in [2.45, 2.75) is 46.0 Å². The lowest BCUT2D eigenvalue weighted by Crippen LogP contribution is -2.26. The first-order valence-corrected chi connectivity index (χ1v) is 8.65. The Bertz CT molecular complexity index is 564. The number of carbonyl (C=O) groups excluding carboxylic acids is 2. The van der Waals surface area contributed by atoms with E-state index in [1.165, 1.54) is 7.11 Å². The van der Waals surface area contributed by atoms with E-state index < -0.39 is 5.97 Å². The zero-order valence-corrected chi connectivity index (χ0v) is 15.5. The summed E-state index contributed by atoms with van der Waals surface area (Å²) in [7, 11) is 1.36. The highest BCUT2D eigenvalue weighted by Crippen LogP contribution is 2.19. The molecule has 0 saturated heterocycles. The third-order valence-corrected chi connectivity index (χ3v) is 4.01. The van der Waals surface area contributed by atoms with Crippen molar-refractivity contribution >= 4 is 27.8 Å². The van der Waals surface area contributed by atoms with Gasteiger partial charge in [-0.1, -0.05) is 48.3 Å². The molecule has 0 aromatic heterocycles. The fourth-order valence-electron chi connectivity index (χ4n) is 2.13. The van der Waals surface area contributed by atoms with Crippen LogP contribution in [0.4, 0.5) is 0 Å². The lowest BCUT2D eigenvalue weighted by molar-refractivity contribution is -0.136. The van der Waals surface area contributed by atoms with Gasteiger partial charge < -0.3 is 10.1 Å². The molecule has 0 atom stereocenters. The first kappa shape index (κ1) is 19.4. The molecule has 1 aromatic carbocycles. The van der Waals surface area contributed by atoms with E-state index in [4.69, 9.17) is 4.74 Å². The van der Waals surface area contributed by atoms with Gasteiger partial charge in [-0.3, -0.25) is 4.79 Å². The second kappa shape index (κ2) is 10.2. The van der Waals surface area contributed by atoms with Crippen LogP contribution in [-0.4, -0.2) is 19.0 Å². The monoisotopic (exact) mass is 381 g/mol. The minimum absolute atomic E-state index is 0.0895. The van der Waals surface area contributed by atoms with Gasteiger partial charge in [0, 0.05) is 23.0 Å². The van der Waals surface area contributed by atoms with E-state index in [0.29, 0.717) is 30.5 Å². The summed E-state index contributed by atoms with van der Waals surface area (Å²) in [6, 6.07) is 7.76. The molecule has 0 aliphatic carbocycles. The predicted octanol–water partition coefficient (Wildman–Crippen LogP) is 4.14. The van der Waals surface area contributed by atoms with Crippen molar-refractivity contribution in [3.63, 3.8) is 0 Å². The second-order valence-corrected chi connectivity index (χ2v) is 6.17. The quantitative estimate of drug-likeness (QED) is 0.543. The number of halogens is 1. The number of benzene rings is 1. The maximum absolute atomic E-state index is 12.2. The number of carbonyl (C=O) groups is 2. The Kier molecular flexibility index (Phi) is 8.62. The smallest absolute Gasteiger partial charge is 0.335 e. The van der Waals surface area contributed by atoms with Gasteiger partial charge >= 0.3 is 5.97 Å². The van der Waals surface area contributed by atoms with Gasteiger partial charge in [-0.2, -0.15) is 0 Å². The van der Waals surface area contributed by atoms with E-state index >= 15 is 0 Å². The average molecular weight is 382 g/mol. The van der Waals surface area contributed by atoms with Crippen molar-refractivity contribution in [1.82, 2.24) is 5.32 Å². The lowest BCUT2D eigenvalue weighted by atomic mass is 10.0. The van der Waals surface area contributed by atoms with Crippen LogP contribution >= 0.6 is 15.9 Å². The summed E-state index contributed by atoms with van der Waals surface area (Å²) in [5.41, 5.74) is 2.19. The number of ether oxygens (including phenoxy) is 1. The van der Waals surface area contributed by atoms with Crippen LogP contribution in [-0.2, 0) is 20.7 Å². The maximum atomic E-state index is 12.2. The zero-order valence-electron chi connectivity index (χ0n) is 13.9. The number of methoxy groups -OCH3 is 1. The Balaban J connectivity index is 3.15. The maximum Gasteiger partial charge on any atom is 0.335 e. The van der Waals surface area contributed by atoms with Gasteiger partial charge in [0.25, 0.3) is 0 Å². The van der Waals surface area contributed by atoms with Crippen molar-refractivity contribution in [3.8, 4) is 0 Å². The molecule has 4 nitrogen and oxygen atoms in total. The fourth-order valence-corrected chi connectivity index (χ4v) is 2.40. The van der Waals surface area contributed by atoms with Gasteiger partial charge in [0.15, 0.2) is 0 Å². The Morgan fingerprint density at radius 3 is 2.35 bits per heavy atom. The molecule has 0 radical (unpaired) electrons. The molecule has 1 N–H and O–H groups in total. The number of nitrogens with one attached hydrogen (secondary N) is 1. The minimum Gasteiger partial charge on any atom is -0.466 e. The molecule has 0 heterocycles. The molecule has 23 heavy (non-hydrogen) atoms. The molecule has 0 aliphatic heterocycles. The van der Waals surface area contributed by atoms with Gasteiger partial charge in [0.2, 0.25) is 5.91 Å². The number of allylic oxidation sites excluding steroid dienone is 1. The number of hydrogen-bond acceptors (Lipinski definition) is 3. The first-order chi connectivity index (χ1) is 11.0. The van der Waals surface area contributed by atoms with Crippen LogP contribution < -0.4 is 5.32 Å². The second-order valence-electron chi connectivity index (χ2n) is 5.26. The van der Waals surface area contributed by atoms with Crippen LogP contribution in [0, 0.1) is 0 Å². The van der Waals surface area contributed by atoms with E-state index in [-0.39, 0.29) is 5.91 Å². The van der Waals surface area contributed by atoms with Crippen LogP contribution in [0.2, 0.25) is 0 Å². The van der Waals surface area contributed by atoms with E-state index in [9.17, 15) is 9.59 Å². The summed E-state index contributed by atoms with van der Waals surface area (Å²) >= 11 is 3.40. The molecule has 1 amide bonds. The van der Waals surface area contributed by atoms with Crippen molar-refractivity contribution in [1.29, 1.82) is 0 Å². The molecule has 1 rings (SSSR count). The lowest BCUT2D eigenvalue weighted by Gasteiger charge is -2.15. The van der Waals surface area contributed by atoms with E-state index in [1.807, 2.05) is 24.3 Å². The summed E-state index contributed by atoms with van der Waals surface area (Å²) in [6.45, 7) is 3.87. The number of hydrogen-bond donors (Lipinski definition) is 1. The fraction of sp³-hybridized carbons (Fsp3) is 0.444. The van der Waals surface area contributed by atoms with Crippen LogP contribution in [0.3, 0.4) is 0 Å². The SMILES string of the molecule is CCCC/C(NC(=O)CC)=C(\Cc1ccc(Br)cc1)C(=O)OC. The van der Waals surface area contributed by atoms with Crippen molar-refractivity contribution in [3.05, 3.63) is 45.6 Å². The van der Waals surface area contributed by atoms with Crippen LogP contribution in [0.5, 0.6) is 0 Å². The van der Waals surface area contributed by atoms with Crippen LogP contribution in [0.25, 0.3) is 0 Å². The van der Waals surface area contributed by atoms with E-state index in [0.717, 1.165) is 22.9 Å². The van der Waals surface area contributed by atoms with E-state index in [2.05, 4.69) is 28.2 Å². The Labute approximate surface area is 146 Å². The molecule has 126 valence electrons. The summed E-state index contributed by atoms with van der Waals surface area (Å²) in [5.74, 6) is -0.483. The van der Waals surface area contributed by atoms with Gasteiger partial charge in [-0.05, 0) is 30.5 Å². The van der Waals surface area contributed by atoms with Gasteiger partial charge in [0.05, 0.1) is 12.7 Å². The molecular formula is C18H24BrNO3. The molecule has 0 unspecified atom stereocenters. The summed E-state index contributed by atoms with van der Waals surface area (Å²) in [6.07, 6.45) is 3.35. The number of rotatable bonds is 8. The minimum atomic E-state index is -0.393. The molecular weight excluding hydrogens is 358 g/mol. The average Bonchev–Trinajstić information content (AvgIpc) is 2.57. The van der Waals surface area contributed by atoms with Gasteiger partial charge in [-0.25, -0.2) is 4.79 Å². The molecule has 1 aromatic rings. The van der Waals surface area contributed by atoms with Crippen LogP contribution in [0.1, 0.15) is 45.1 Å². The number of unbranched alkanes of at least 4 members (excludes halogenated alkanes) is 1. The molecule has 0 fully saturated rings. The normalized spacial score (nSPS) is 11.7. The van der Waals surface area contributed by atoms with Gasteiger partial charge in [-0.15, -0.1) is 0 Å². The first-order valence-electron chi connectivity index (χ1n) is 7.86. The predicted molar refractivity (Wildman–Crippen MR) is 94.8 cm³/mol. The summed E-state index contributed by atoms with van der Waals surface area (Å²) in [5, 5.41) is 2.88. The molecule has 5 heteroatoms. The largest absolute Gasteiger partial charge is 0.466 e. The highest BCUT2D eigenvalue weighted by Gasteiger charge is 2.18. The summed E-state index contributed by atoms with van der Waals surface area (Å²) in [4.78, 5) is 24.0. The Morgan fingerprint density at radius 2 is 1.83 bits per heavy atom. The van der Waals surface area contributed by atoms with Crippen molar-refractivity contribution in [2.24, 2.45) is 0 Å². The Hall–Kier alpha value is -1.62. The van der Waals surface area contributed by atoms with E-state index in [1.54, 1.807) is 6.92 Å². The zero-order chi connectivity index (χ0) is 17.2. The molecule has 0 aliphatic rings. The van der Waals surface area contributed by atoms with Gasteiger partial charge in [0.1, 0.15) is 0 Å².